The summed E-state index contributed by atoms with van der Waals surface area (Å²) in [5, 5.41) is 4.89. The van der Waals surface area contributed by atoms with Crippen LogP contribution in [0, 0.1) is 5.92 Å². The Morgan fingerprint density at radius 1 is 0.938 bits per heavy atom. The molecule has 0 aromatic heterocycles. The summed E-state index contributed by atoms with van der Waals surface area (Å²) in [5.41, 5.74) is 7.48. The molecule has 2 aliphatic heterocycles. The molecule has 0 atom stereocenters. The van der Waals surface area contributed by atoms with Gasteiger partial charge in [0.2, 0.25) is 0 Å². The van der Waals surface area contributed by atoms with Crippen molar-refractivity contribution >= 4 is 35.8 Å². The van der Waals surface area contributed by atoms with E-state index in [4.69, 9.17) is 4.99 Å². The second kappa shape index (κ2) is 8.95. The smallest absolute Gasteiger partial charge is 0.265 e. The van der Waals surface area contributed by atoms with Crippen molar-refractivity contribution in [2.24, 2.45) is 10.9 Å². The second-order valence-corrected chi connectivity index (χ2v) is 14.6. The number of benzene rings is 2. The standard InChI is InChI=1S/C27H35N3OSi/c1-32(2)24-14-8-7-13-22(24)26(20-11-5-3-6-12-20)28-23-19-21(15-16-25(23)32)27(31)29-30-17-9-4-10-18-30/h7-8,13-16,19-20H,3-6,9-12,17-18H2,1-2H3,(H,29,31). The van der Waals surface area contributed by atoms with Gasteiger partial charge in [-0.3, -0.25) is 15.2 Å². The molecule has 32 heavy (non-hydrogen) atoms. The van der Waals surface area contributed by atoms with Gasteiger partial charge in [-0.2, -0.15) is 0 Å². The van der Waals surface area contributed by atoms with Gasteiger partial charge in [-0.15, -0.1) is 0 Å². The summed E-state index contributed by atoms with van der Waals surface area (Å²) < 4.78 is 0. The van der Waals surface area contributed by atoms with Gasteiger partial charge in [0.05, 0.1) is 11.4 Å². The Labute approximate surface area is 193 Å². The van der Waals surface area contributed by atoms with E-state index in [0.29, 0.717) is 5.92 Å². The molecule has 5 rings (SSSR count). The third-order valence-electron chi connectivity index (χ3n) is 7.66. The molecule has 1 saturated carbocycles. The number of piperidine rings is 1. The minimum absolute atomic E-state index is 0.00893. The summed E-state index contributed by atoms with van der Waals surface area (Å²) in [5.74, 6) is 0.511. The second-order valence-electron chi connectivity index (χ2n) is 10.2. The van der Waals surface area contributed by atoms with Crippen LogP contribution >= 0.6 is 0 Å². The van der Waals surface area contributed by atoms with Crippen LogP contribution in [0.3, 0.4) is 0 Å². The van der Waals surface area contributed by atoms with Crippen molar-refractivity contribution in [3.05, 3.63) is 53.6 Å². The Morgan fingerprint density at radius 3 is 2.44 bits per heavy atom. The summed E-state index contributed by atoms with van der Waals surface area (Å²) in [6.45, 7) is 6.74. The molecule has 0 spiro atoms. The van der Waals surface area contributed by atoms with Crippen molar-refractivity contribution in [2.75, 3.05) is 13.1 Å². The zero-order valence-electron chi connectivity index (χ0n) is 19.5. The fourth-order valence-electron chi connectivity index (χ4n) is 5.78. The first-order chi connectivity index (χ1) is 15.5. The summed E-state index contributed by atoms with van der Waals surface area (Å²) in [7, 11) is -1.94. The predicted molar refractivity (Wildman–Crippen MR) is 135 cm³/mol. The first-order valence-corrected chi connectivity index (χ1v) is 15.4. The molecule has 0 radical (unpaired) electrons. The fourth-order valence-corrected chi connectivity index (χ4v) is 8.74. The van der Waals surface area contributed by atoms with Crippen LogP contribution < -0.4 is 15.8 Å². The van der Waals surface area contributed by atoms with Gasteiger partial charge in [0, 0.05) is 24.6 Å². The van der Waals surface area contributed by atoms with Gasteiger partial charge in [-0.1, -0.05) is 69.1 Å². The van der Waals surface area contributed by atoms with Gasteiger partial charge in [0.25, 0.3) is 5.91 Å². The molecule has 0 unspecified atom stereocenters. The van der Waals surface area contributed by atoms with E-state index in [2.05, 4.69) is 59.9 Å². The number of nitrogens with one attached hydrogen (secondary N) is 1. The van der Waals surface area contributed by atoms with E-state index >= 15 is 0 Å². The highest BCUT2D eigenvalue weighted by atomic mass is 28.3. The van der Waals surface area contributed by atoms with Crippen LogP contribution in [0.5, 0.6) is 0 Å². The van der Waals surface area contributed by atoms with Gasteiger partial charge in [0.15, 0.2) is 0 Å². The third kappa shape index (κ3) is 4.08. The first-order valence-electron chi connectivity index (χ1n) is 12.4. The molecule has 0 bridgehead atoms. The van der Waals surface area contributed by atoms with E-state index in [1.807, 2.05) is 6.07 Å². The maximum atomic E-state index is 13.1. The van der Waals surface area contributed by atoms with Gasteiger partial charge in [-0.05, 0) is 53.8 Å². The van der Waals surface area contributed by atoms with E-state index in [1.54, 1.807) is 0 Å². The van der Waals surface area contributed by atoms with Gasteiger partial charge < -0.3 is 0 Å². The number of amides is 1. The number of carbonyl (C=O) groups excluding carboxylic acids is 1. The van der Waals surface area contributed by atoms with Crippen molar-refractivity contribution in [1.29, 1.82) is 0 Å². The van der Waals surface area contributed by atoms with E-state index in [0.717, 1.165) is 37.2 Å². The molecule has 2 heterocycles. The molecular weight excluding hydrogens is 410 g/mol. The number of hydrogen-bond acceptors (Lipinski definition) is 3. The first kappa shape index (κ1) is 21.6. The summed E-state index contributed by atoms with van der Waals surface area (Å²) >= 11 is 0. The predicted octanol–water partition coefficient (Wildman–Crippen LogP) is 4.65. The van der Waals surface area contributed by atoms with E-state index in [1.165, 1.54) is 60.2 Å². The zero-order valence-corrected chi connectivity index (χ0v) is 20.5. The molecule has 4 nitrogen and oxygen atoms in total. The highest BCUT2D eigenvalue weighted by molar-refractivity contribution is 7.02. The van der Waals surface area contributed by atoms with Crippen molar-refractivity contribution in [1.82, 2.24) is 10.4 Å². The molecule has 2 fully saturated rings. The zero-order chi connectivity index (χ0) is 22.1. The fraction of sp³-hybridized carbons (Fsp3) is 0.481. The Bertz CT molecular complexity index is 1030. The minimum Gasteiger partial charge on any atom is -0.285 e. The van der Waals surface area contributed by atoms with Crippen molar-refractivity contribution in [3.63, 3.8) is 0 Å². The topological polar surface area (TPSA) is 44.7 Å². The van der Waals surface area contributed by atoms with E-state index in [9.17, 15) is 4.79 Å². The number of fused-ring (bicyclic) bond motifs is 2. The third-order valence-corrected chi connectivity index (χ3v) is 11.2. The van der Waals surface area contributed by atoms with Crippen LogP contribution in [-0.4, -0.2) is 37.8 Å². The van der Waals surface area contributed by atoms with E-state index < -0.39 is 8.07 Å². The molecular formula is C27H35N3OSi. The SMILES string of the molecule is C[Si]1(C)c2ccc(C(=O)NN3CCCCC3)cc2N=C(C2CCCCC2)c2ccccc21. The highest BCUT2D eigenvalue weighted by Crippen LogP contribution is 2.32. The molecule has 3 aliphatic rings. The summed E-state index contributed by atoms with van der Waals surface area (Å²) in [6, 6.07) is 15.2. The number of hydrazine groups is 1. The van der Waals surface area contributed by atoms with Crippen LogP contribution in [0.25, 0.3) is 0 Å². The van der Waals surface area contributed by atoms with Gasteiger partial charge in [-0.25, -0.2) is 5.01 Å². The number of rotatable bonds is 3. The Kier molecular flexibility index (Phi) is 6.04. The Balaban J connectivity index is 1.56. The van der Waals surface area contributed by atoms with Crippen molar-refractivity contribution < 1.29 is 4.79 Å². The summed E-state index contributed by atoms with van der Waals surface area (Å²) in [4.78, 5) is 18.4. The number of aliphatic imine (C=N–C) groups is 1. The minimum atomic E-state index is -1.94. The lowest BCUT2D eigenvalue weighted by atomic mass is 9.83. The van der Waals surface area contributed by atoms with E-state index in [-0.39, 0.29) is 5.91 Å². The van der Waals surface area contributed by atoms with Crippen LogP contribution in [0.4, 0.5) is 5.69 Å². The highest BCUT2D eigenvalue weighted by Gasteiger charge is 2.36. The molecule has 2 aromatic carbocycles. The molecule has 2 aromatic rings. The number of carbonyl (C=O) groups is 1. The maximum absolute atomic E-state index is 13.1. The van der Waals surface area contributed by atoms with Crippen LogP contribution in [0.1, 0.15) is 67.3 Å². The van der Waals surface area contributed by atoms with Crippen molar-refractivity contribution in [2.45, 2.75) is 64.5 Å². The number of nitrogens with zero attached hydrogens (tertiary/aromatic N) is 2. The lowest BCUT2D eigenvalue weighted by Crippen LogP contribution is -2.54. The lowest BCUT2D eigenvalue weighted by molar-refractivity contribution is 0.0750. The molecule has 168 valence electrons. The molecule has 5 heteroatoms. The largest absolute Gasteiger partial charge is 0.285 e. The Hall–Kier alpha value is -2.24. The molecule has 1 saturated heterocycles. The maximum Gasteiger partial charge on any atom is 0.265 e. The lowest BCUT2D eigenvalue weighted by Gasteiger charge is -2.28. The monoisotopic (exact) mass is 445 g/mol. The van der Waals surface area contributed by atoms with Gasteiger partial charge >= 0.3 is 0 Å². The summed E-state index contributed by atoms with van der Waals surface area (Å²) in [6.07, 6.45) is 9.91. The molecule has 1 amide bonds. The molecule has 1 aliphatic carbocycles. The van der Waals surface area contributed by atoms with Crippen LogP contribution in [-0.2, 0) is 0 Å². The average Bonchev–Trinajstić information content (AvgIpc) is 2.92. The van der Waals surface area contributed by atoms with Crippen LogP contribution in [0.2, 0.25) is 13.1 Å². The van der Waals surface area contributed by atoms with Crippen LogP contribution in [0.15, 0.2) is 47.5 Å². The Morgan fingerprint density at radius 2 is 1.66 bits per heavy atom. The van der Waals surface area contributed by atoms with Crippen molar-refractivity contribution in [3.8, 4) is 0 Å². The number of hydrogen-bond donors (Lipinski definition) is 1. The quantitative estimate of drug-likeness (QED) is 0.699. The molecule has 1 N–H and O–H groups in total. The average molecular weight is 446 g/mol. The van der Waals surface area contributed by atoms with Gasteiger partial charge in [0.1, 0.15) is 8.07 Å². The normalized spacial score (nSPS) is 21.1.